The number of carboxylic acid groups (broad SMARTS) is 1. The van der Waals surface area contributed by atoms with Gasteiger partial charge in [0.15, 0.2) is 5.41 Å². The summed E-state index contributed by atoms with van der Waals surface area (Å²) in [7, 11) is 0. The fraction of sp³-hybridized carbons (Fsp3) is 0.385. The average Bonchev–Trinajstić information content (AvgIpc) is 2.84. The summed E-state index contributed by atoms with van der Waals surface area (Å²) in [5.74, 6) is -1.88. The lowest BCUT2D eigenvalue weighted by Gasteiger charge is -2.28. The first-order chi connectivity index (χ1) is 9.71. The van der Waals surface area contributed by atoms with Crippen LogP contribution in [0.3, 0.4) is 0 Å². The molecule has 1 atom stereocenters. The number of nitrogens with zero attached hydrogens (tertiary/aromatic N) is 2. The van der Waals surface area contributed by atoms with Crippen molar-refractivity contribution in [3.8, 4) is 6.07 Å². The van der Waals surface area contributed by atoms with Crippen molar-refractivity contribution in [3.05, 3.63) is 28.2 Å². The summed E-state index contributed by atoms with van der Waals surface area (Å²) in [5, 5.41) is 18.1. The van der Waals surface area contributed by atoms with Crippen molar-refractivity contribution in [2.75, 3.05) is 18.0 Å². The molecule has 1 aliphatic rings. The van der Waals surface area contributed by atoms with E-state index in [9.17, 15) is 18.0 Å². The minimum absolute atomic E-state index is 0.0673. The highest BCUT2D eigenvalue weighted by molar-refractivity contribution is 9.10. The van der Waals surface area contributed by atoms with Crippen LogP contribution in [0, 0.1) is 16.7 Å². The highest BCUT2D eigenvalue weighted by Gasteiger charge is 2.63. The first kappa shape index (κ1) is 15.6. The zero-order valence-corrected chi connectivity index (χ0v) is 12.2. The summed E-state index contributed by atoms with van der Waals surface area (Å²) in [6, 6.07) is 6.51. The van der Waals surface area contributed by atoms with Crippen LogP contribution in [0.4, 0.5) is 18.9 Å². The molecule has 2 rings (SSSR count). The van der Waals surface area contributed by atoms with Crippen LogP contribution in [0.1, 0.15) is 12.0 Å². The molecule has 0 spiro atoms. The van der Waals surface area contributed by atoms with Gasteiger partial charge < -0.3 is 10.0 Å². The van der Waals surface area contributed by atoms with Crippen LogP contribution in [-0.2, 0) is 4.79 Å². The lowest BCUT2D eigenvalue weighted by molar-refractivity contribution is -0.225. The van der Waals surface area contributed by atoms with Gasteiger partial charge in [0, 0.05) is 17.6 Å². The van der Waals surface area contributed by atoms with Gasteiger partial charge >= 0.3 is 12.1 Å². The third-order valence-electron chi connectivity index (χ3n) is 3.64. The van der Waals surface area contributed by atoms with Gasteiger partial charge in [-0.15, -0.1) is 0 Å². The van der Waals surface area contributed by atoms with E-state index in [4.69, 9.17) is 10.4 Å². The molecule has 1 N–H and O–H groups in total. The SMILES string of the molecule is N#Cc1cc(Br)ccc1N1CCC(C(=O)O)(C(F)(F)F)C1. The van der Waals surface area contributed by atoms with Gasteiger partial charge in [-0.25, -0.2) is 0 Å². The Hall–Kier alpha value is -1.75. The molecule has 0 bridgehead atoms. The van der Waals surface area contributed by atoms with Crippen LogP contribution in [0.25, 0.3) is 0 Å². The Balaban J connectivity index is 2.39. The third-order valence-corrected chi connectivity index (χ3v) is 4.13. The van der Waals surface area contributed by atoms with Gasteiger partial charge in [-0.3, -0.25) is 4.79 Å². The monoisotopic (exact) mass is 362 g/mol. The van der Waals surface area contributed by atoms with E-state index in [1.807, 2.05) is 6.07 Å². The molecule has 0 saturated carbocycles. The molecule has 21 heavy (non-hydrogen) atoms. The fourth-order valence-electron chi connectivity index (χ4n) is 2.42. The molecule has 112 valence electrons. The quantitative estimate of drug-likeness (QED) is 0.877. The second kappa shape index (κ2) is 5.22. The lowest BCUT2D eigenvalue weighted by Crippen LogP contribution is -2.47. The standard InChI is InChI=1S/C13H10BrF3N2O2/c14-9-1-2-10(8(5-9)6-18)19-4-3-12(7-19,11(20)21)13(15,16)17/h1-2,5H,3-4,7H2,(H,20,21). The molecule has 1 heterocycles. The first-order valence-corrected chi connectivity index (χ1v) is 6.75. The maximum Gasteiger partial charge on any atom is 0.406 e. The smallest absolute Gasteiger partial charge is 0.406 e. The van der Waals surface area contributed by atoms with Crippen LogP contribution < -0.4 is 4.90 Å². The van der Waals surface area contributed by atoms with E-state index in [-0.39, 0.29) is 12.1 Å². The molecule has 1 unspecified atom stereocenters. The Labute approximate surface area is 126 Å². The van der Waals surface area contributed by atoms with E-state index in [0.717, 1.165) is 0 Å². The van der Waals surface area contributed by atoms with E-state index in [1.165, 1.54) is 17.0 Å². The van der Waals surface area contributed by atoms with Crippen LogP contribution in [0.2, 0.25) is 0 Å². The Morgan fingerprint density at radius 1 is 1.48 bits per heavy atom. The third kappa shape index (κ3) is 2.58. The lowest BCUT2D eigenvalue weighted by atomic mass is 9.86. The van der Waals surface area contributed by atoms with Crippen molar-refractivity contribution in [2.24, 2.45) is 5.41 Å². The molecule has 4 nitrogen and oxygen atoms in total. The molecule has 8 heteroatoms. The summed E-state index contributed by atoms with van der Waals surface area (Å²) in [6.07, 6.45) is -5.37. The van der Waals surface area contributed by atoms with E-state index in [1.54, 1.807) is 6.07 Å². The normalized spacial score (nSPS) is 22.1. The molecule has 1 fully saturated rings. The number of rotatable bonds is 2. The van der Waals surface area contributed by atoms with Crippen molar-refractivity contribution >= 4 is 27.6 Å². The van der Waals surface area contributed by atoms with Crippen molar-refractivity contribution < 1.29 is 23.1 Å². The zero-order chi connectivity index (χ0) is 15.8. The number of benzene rings is 1. The van der Waals surface area contributed by atoms with E-state index >= 15 is 0 Å². The number of nitriles is 1. The molecular formula is C13H10BrF3N2O2. The molecule has 0 radical (unpaired) electrons. The van der Waals surface area contributed by atoms with Crippen LogP contribution in [-0.4, -0.2) is 30.3 Å². The van der Waals surface area contributed by atoms with Crippen molar-refractivity contribution in [1.82, 2.24) is 0 Å². The molecule has 1 aliphatic heterocycles. The largest absolute Gasteiger partial charge is 0.481 e. The van der Waals surface area contributed by atoms with Crippen molar-refractivity contribution in [2.45, 2.75) is 12.6 Å². The molecule has 0 aliphatic carbocycles. The number of carbonyl (C=O) groups is 1. The Bertz CT molecular complexity index is 627. The number of alkyl halides is 3. The molecule has 1 saturated heterocycles. The van der Waals surface area contributed by atoms with Gasteiger partial charge in [0.2, 0.25) is 0 Å². The van der Waals surface area contributed by atoms with Gasteiger partial charge in [-0.2, -0.15) is 18.4 Å². The summed E-state index contributed by atoms with van der Waals surface area (Å²) in [4.78, 5) is 12.4. The Morgan fingerprint density at radius 3 is 2.62 bits per heavy atom. The number of hydrogen-bond donors (Lipinski definition) is 1. The fourth-order valence-corrected chi connectivity index (χ4v) is 2.78. The maximum absolute atomic E-state index is 13.1. The minimum Gasteiger partial charge on any atom is -0.481 e. The van der Waals surface area contributed by atoms with Crippen molar-refractivity contribution in [3.63, 3.8) is 0 Å². The maximum atomic E-state index is 13.1. The van der Waals surface area contributed by atoms with E-state index in [0.29, 0.717) is 10.2 Å². The Morgan fingerprint density at radius 2 is 2.14 bits per heavy atom. The van der Waals surface area contributed by atoms with Gasteiger partial charge in [0.05, 0.1) is 11.3 Å². The first-order valence-electron chi connectivity index (χ1n) is 5.96. The predicted molar refractivity (Wildman–Crippen MR) is 71.8 cm³/mol. The summed E-state index contributed by atoms with van der Waals surface area (Å²) in [6.45, 7) is -0.760. The van der Waals surface area contributed by atoms with Crippen molar-refractivity contribution in [1.29, 1.82) is 5.26 Å². The molecule has 0 aromatic heterocycles. The number of aliphatic carboxylic acids is 1. The second-order valence-corrected chi connectivity index (χ2v) is 5.75. The topological polar surface area (TPSA) is 64.3 Å². The van der Waals surface area contributed by atoms with Gasteiger partial charge in [-0.1, -0.05) is 15.9 Å². The predicted octanol–water partition coefficient (Wildman–Crippen LogP) is 3.16. The molecule has 0 amide bonds. The van der Waals surface area contributed by atoms with E-state index < -0.39 is 30.5 Å². The molecule has 1 aromatic carbocycles. The average molecular weight is 363 g/mol. The highest BCUT2D eigenvalue weighted by atomic mass is 79.9. The van der Waals surface area contributed by atoms with Crippen LogP contribution in [0.15, 0.2) is 22.7 Å². The minimum atomic E-state index is -4.84. The Kier molecular flexibility index (Phi) is 3.89. The number of hydrogen-bond acceptors (Lipinski definition) is 3. The summed E-state index contributed by atoms with van der Waals surface area (Å²) < 4.78 is 40.0. The van der Waals surface area contributed by atoms with Crippen LogP contribution >= 0.6 is 15.9 Å². The number of halogens is 4. The molecule has 1 aromatic rings. The zero-order valence-electron chi connectivity index (χ0n) is 10.6. The van der Waals surface area contributed by atoms with Gasteiger partial charge in [-0.05, 0) is 24.6 Å². The number of anilines is 1. The van der Waals surface area contributed by atoms with Gasteiger partial charge in [0.25, 0.3) is 0 Å². The van der Waals surface area contributed by atoms with E-state index in [2.05, 4.69) is 15.9 Å². The summed E-state index contributed by atoms with van der Waals surface area (Å²) in [5.41, 5.74) is -2.27. The molecular weight excluding hydrogens is 353 g/mol. The number of carboxylic acids is 1. The highest BCUT2D eigenvalue weighted by Crippen LogP contribution is 2.47. The summed E-state index contributed by atoms with van der Waals surface area (Å²) >= 11 is 3.18. The second-order valence-electron chi connectivity index (χ2n) is 4.83. The van der Waals surface area contributed by atoms with Gasteiger partial charge in [0.1, 0.15) is 6.07 Å². The van der Waals surface area contributed by atoms with Crippen LogP contribution in [0.5, 0.6) is 0 Å².